The molecule has 5 aromatic rings. The summed E-state index contributed by atoms with van der Waals surface area (Å²) in [5.41, 5.74) is 4.60. The molecule has 0 aliphatic carbocycles. The molecule has 1 amide bonds. The number of fused-ring (bicyclic) bond motifs is 1. The molecular formula is C46H59N3O5Si. The second-order valence-corrected chi connectivity index (χ2v) is 20.5. The van der Waals surface area contributed by atoms with E-state index in [1.54, 1.807) is 6.07 Å². The molecule has 0 saturated carbocycles. The van der Waals surface area contributed by atoms with Gasteiger partial charge in [-0.05, 0) is 84.9 Å². The van der Waals surface area contributed by atoms with Crippen LogP contribution in [-0.4, -0.2) is 50.5 Å². The van der Waals surface area contributed by atoms with Gasteiger partial charge >= 0.3 is 6.09 Å². The number of aromatic nitrogens is 1. The zero-order valence-corrected chi connectivity index (χ0v) is 34.3. The fourth-order valence-corrected chi connectivity index (χ4v) is 7.56. The molecule has 0 spiro atoms. The molecule has 1 heterocycles. The number of amides is 1. The molecule has 55 heavy (non-hydrogen) atoms. The van der Waals surface area contributed by atoms with E-state index >= 15 is 0 Å². The first kappa shape index (κ1) is 41.5. The number of unbranched alkanes of at least 4 members (excludes halogenated alkanes) is 3. The van der Waals surface area contributed by atoms with Gasteiger partial charge in [0.25, 0.3) is 0 Å². The summed E-state index contributed by atoms with van der Waals surface area (Å²) < 4.78 is 19.4. The smallest absolute Gasteiger partial charge is 0.410 e. The number of aromatic amines is 1. The van der Waals surface area contributed by atoms with Crippen molar-refractivity contribution in [1.29, 1.82) is 0 Å². The minimum absolute atomic E-state index is 0.0815. The lowest BCUT2D eigenvalue weighted by molar-refractivity contribution is 0.0711. The number of nitrogens with one attached hydrogen (secondary N) is 2. The SMILES string of the molecule is CC(C)(C)[Si](C)(C)O[C@H](CN(CCCCCCNCCc1ccccc1)C(=O)OCc1ccccc1)c1ccc(OCc2ccccc2)c2[nH]c(=O)ccc12. The summed E-state index contributed by atoms with van der Waals surface area (Å²) >= 11 is 0. The van der Waals surface area contributed by atoms with Gasteiger partial charge < -0.3 is 29.1 Å². The Hall–Kier alpha value is -4.70. The van der Waals surface area contributed by atoms with Gasteiger partial charge in [-0.1, -0.05) is 131 Å². The molecule has 0 unspecified atom stereocenters. The van der Waals surface area contributed by atoms with Gasteiger partial charge in [-0.3, -0.25) is 4.79 Å². The number of hydrogen-bond acceptors (Lipinski definition) is 6. The largest absolute Gasteiger partial charge is 0.487 e. The van der Waals surface area contributed by atoms with E-state index in [2.05, 4.69) is 74.5 Å². The van der Waals surface area contributed by atoms with E-state index in [9.17, 15) is 9.59 Å². The van der Waals surface area contributed by atoms with E-state index in [4.69, 9.17) is 13.9 Å². The Morgan fingerprint density at radius 3 is 2.02 bits per heavy atom. The molecule has 0 aliphatic heterocycles. The van der Waals surface area contributed by atoms with Crippen molar-refractivity contribution in [3.05, 3.63) is 148 Å². The molecule has 9 heteroatoms. The van der Waals surface area contributed by atoms with Crippen LogP contribution in [0.3, 0.4) is 0 Å². The summed E-state index contributed by atoms with van der Waals surface area (Å²) in [6.45, 7) is 14.4. The monoisotopic (exact) mass is 761 g/mol. The van der Waals surface area contributed by atoms with Crippen LogP contribution in [0.2, 0.25) is 18.1 Å². The summed E-state index contributed by atoms with van der Waals surface area (Å²) in [6.07, 6.45) is 4.16. The highest BCUT2D eigenvalue weighted by molar-refractivity contribution is 6.74. The average Bonchev–Trinajstić information content (AvgIpc) is 3.18. The first-order chi connectivity index (χ1) is 26.5. The molecule has 2 N–H and O–H groups in total. The fraction of sp³-hybridized carbons (Fsp3) is 0.391. The van der Waals surface area contributed by atoms with E-state index < -0.39 is 14.4 Å². The van der Waals surface area contributed by atoms with Crippen molar-refractivity contribution in [2.24, 2.45) is 0 Å². The number of carbonyl (C=O) groups is 1. The summed E-state index contributed by atoms with van der Waals surface area (Å²) in [5.74, 6) is 0.583. The molecule has 0 aliphatic rings. The van der Waals surface area contributed by atoms with E-state index in [1.165, 1.54) is 5.56 Å². The maximum Gasteiger partial charge on any atom is 0.410 e. The number of ether oxygens (including phenoxy) is 2. The Bertz CT molecular complexity index is 1960. The van der Waals surface area contributed by atoms with Crippen LogP contribution in [0.25, 0.3) is 10.9 Å². The van der Waals surface area contributed by atoms with Gasteiger partial charge in [-0.15, -0.1) is 0 Å². The van der Waals surface area contributed by atoms with E-state index in [1.807, 2.05) is 83.8 Å². The van der Waals surface area contributed by atoms with Crippen molar-refractivity contribution in [3.8, 4) is 5.75 Å². The third-order valence-corrected chi connectivity index (χ3v) is 15.0. The minimum Gasteiger partial charge on any atom is -0.487 e. The lowest BCUT2D eigenvalue weighted by atomic mass is 10.0. The van der Waals surface area contributed by atoms with Crippen LogP contribution in [0.1, 0.15) is 74.8 Å². The molecule has 1 atom stereocenters. The number of carbonyl (C=O) groups excluding carboxylic acids is 1. The summed E-state index contributed by atoms with van der Waals surface area (Å²) in [7, 11) is -2.37. The van der Waals surface area contributed by atoms with Gasteiger partial charge in [-0.25, -0.2) is 4.79 Å². The maximum atomic E-state index is 14.0. The van der Waals surface area contributed by atoms with Crippen LogP contribution >= 0.6 is 0 Å². The average molecular weight is 762 g/mol. The van der Waals surface area contributed by atoms with Crippen LogP contribution in [0.5, 0.6) is 5.75 Å². The number of pyridine rings is 1. The van der Waals surface area contributed by atoms with Crippen molar-refractivity contribution < 1.29 is 18.7 Å². The second-order valence-electron chi connectivity index (χ2n) is 15.8. The Kier molecular flexibility index (Phi) is 15.3. The third-order valence-electron chi connectivity index (χ3n) is 10.5. The third kappa shape index (κ3) is 12.7. The summed E-state index contributed by atoms with van der Waals surface area (Å²) in [6, 6.07) is 37.6. The Labute approximate surface area is 328 Å². The normalized spacial score (nSPS) is 12.4. The van der Waals surface area contributed by atoms with Crippen LogP contribution in [0.15, 0.2) is 120 Å². The van der Waals surface area contributed by atoms with E-state index in [0.717, 1.165) is 67.3 Å². The molecule has 292 valence electrons. The van der Waals surface area contributed by atoms with Crippen molar-refractivity contribution in [1.82, 2.24) is 15.2 Å². The zero-order chi connectivity index (χ0) is 39.1. The van der Waals surface area contributed by atoms with E-state index in [0.29, 0.717) is 31.0 Å². The van der Waals surface area contributed by atoms with Crippen molar-refractivity contribution in [3.63, 3.8) is 0 Å². The maximum absolute atomic E-state index is 14.0. The lowest BCUT2D eigenvalue weighted by Gasteiger charge is -2.40. The quantitative estimate of drug-likeness (QED) is 0.0606. The summed E-state index contributed by atoms with van der Waals surface area (Å²) in [5, 5.41) is 4.32. The highest BCUT2D eigenvalue weighted by Crippen LogP contribution is 2.42. The number of H-pyrrole nitrogens is 1. The molecule has 5 rings (SSSR count). The van der Waals surface area contributed by atoms with Gasteiger partial charge in [0.1, 0.15) is 19.0 Å². The standard InChI is InChI=1S/C46H59N3O5Si/c1-46(2,3)55(4,5)54-42(39-25-27-41(44-40(39)26-28-43(50)48-44)52-34-37-21-13-9-14-22-37)33-49(45(51)53-35-38-23-15-10-16-24-38)32-18-7-6-17-30-47-31-29-36-19-11-8-12-20-36/h8-16,19-28,42,47H,6-7,17-18,29-35H2,1-5H3,(H,48,50)/t42-/m1/s1. The lowest BCUT2D eigenvalue weighted by Crippen LogP contribution is -2.45. The Morgan fingerprint density at radius 1 is 0.745 bits per heavy atom. The second kappa shape index (κ2) is 20.3. The first-order valence-electron chi connectivity index (χ1n) is 19.7. The predicted octanol–water partition coefficient (Wildman–Crippen LogP) is 10.2. The van der Waals surface area contributed by atoms with E-state index in [-0.39, 0.29) is 23.3 Å². The van der Waals surface area contributed by atoms with Gasteiger partial charge in [-0.2, -0.15) is 0 Å². The molecular weight excluding hydrogens is 703 g/mol. The number of benzene rings is 4. The van der Waals surface area contributed by atoms with Crippen LogP contribution in [-0.2, 0) is 28.8 Å². The topological polar surface area (TPSA) is 92.9 Å². The number of rotatable bonds is 20. The molecule has 0 radical (unpaired) electrons. The number of nitrogens with zero attached hydrogens (tertiary/aromatic N) is 1. The van der Waals surface area contributed by atoms with Crippen LogP contribution in [0, 0.1) is 0 Å². The van der Waals surface area contributed by atoms with Gasteiger partial charge in [0, 0.05) is 18.0 Å². The Balaban J connectivity index is 1.34. The number of hydrogen-bond donors (Lipinski definition) is 2. The summed E-state index contributed by atoms with van der Waals surface area (Å²) in [4.78, 5) is 31.5. The van der Waals surface area contributed by atoms with Gasteiger partial charge in [0.05, 0.1) is 18.2 Å². The Morgan fingerprint density at radius 2 is 1.36 bits per heavy atom. The van der Waals surface area contributed by atoms with Crippen molar-refractivity contribution in [2.45, 2.75) is 90.3 Å². The van der Waals surface area contributed by atoms with Crippen molar-refractivity contribution >= 4 is 25.3 Å². The zero-order valence-electron chi connectivity index (χ0n) is 33.3. The molecule has 0 fully saturated rings. The molecule has 0 saturated heterocycles. The molecule has 4 aromatic carbocycles. The molecule has 8 nitrogen and oxygen atoms in total. The van der Waals surface area contributed by atoms with Crippen LogP contribution in [0.4, 0.5) is 4.79 Å². The minimum atomic E-state index is -2.37. The molecule has 1 aromatic heterocycles. The van der Waals surface area contributed by atoms with Gasteiger partial charge in [0.2, 0.25) is 5.56 Å². The van der Waals surface area contributed by atoms with Crippen LogP contribution < -0.4 is 15.6 Å². The molecule has 0 bridgehead atoms. The highest BCUT2D eigenvalue weighted by atomic mass is 28.4. The van der Waals surface area contributed by atoms with Crippen molar-refractivity contribution in [2.75, 3.05) is 26.2 Å². The highest BCUT2D eigenvalue weighted by Gasteiger charge is 2.40. The van der Waals surface area contributed by atoms with Gasteiger partial charge in [0.15, 0.2) is 8.32 Å². The first-order valence-corrected chi connectivity index (χ1v) is 22.6. The predicted molar refractivity (Wildman–Crippen MR) is 226 cm³/mol. The fourth-order valence-electron chi connectivity index (χ4n) is 6.29.